The molecule has 1 unspecified atom stereocenters. The van der Waals surface area contributed by atoms with E-state index in [4.69, 9.17) is 0 Å². The minimum Gasteiger partial charge on any atom is -0.313 e. The number of benzene rings is 1. The Morgan fingerprint density at radius 1 is 1.40 bits per heavy atom. The van der Waals surface area contributed by atoms with Gasteiger partial charge in [-0.05, 0) is 24.1 Å². The second kappa shape index (κ2) is 4.77. The molecule has 0 bridgehead atoms. The van der Waals surface area contributed by atoms with Gasteiger partial charge in [-0.15, -0.1) is 0 Å². The molecule has 2 rings (SSSR count). The summed E-state index contributed by atoms with van der Waals surface area (Å²) in [6, 6.07) is 9.80. The number of hydrogen-bond acceptors (Lipinski definition) is 2. The van der Waals surface area contributed by atoms with Crippen LogP contribution in [0.1, 0.15) is 31.0 Å². The zero-order valence-corrected chi connectivity index (χ0v) is 9.59. The molecule has 0 saturated heterocycles. The van der Waals surface area contributed by atoms with E-state index in [1.807, 2.05) is 0 Å². The van der Waals surface area contributed by atoms with Crippen LogP contribution in [-0.4, -0.2) is 19.1 Å². The maximum absolute atomic E-state index is 3.57. The van der Waals surface area contributed by atoms with Gasteiger partial charge in [0.15, 0.2) is 0 Å². The predicted octanol–water partition coefficient (Wildman–Crippen LogP) is 1.87. The Morgan fingerprint density at radius 3 is 3.00 bits per heavy atom. The van der Waals surface area contributed by atoms with Gasteiger partial charge < -0.3 is 10.6 Å². The lowest BCUT2D eigenvalue weighted by Crippen LogP contribution is -2.38. The molecule has 0 radical (unpaired) electrons. The van der Waals surface area contributed by atoms with Crippen LogP contribution in [0.15, 0.2) is 24.3 Å². The van der Waals surface area contributed by atoms with Crippen molar-refractivity contribution in [2.24, 2.45) is 0 Å². The molecule has 1 aromatic carbocycles. The SMILES string of the molecule is CC(C)NCC1NCCc2ccccc21. The van der Waals surface area contributed by atoms with E-state index in [2.05, 4.69) is 48.7 Å². The maximum Gasteiger partial charge on any atom is 0.0449 e. The van der Waals surface area contributed by atoms with Crippen LogP contribution in [-0.2, 0) is 6.42 Å². The van der Waals surface area contributed by atoms with Crippen molar-refractivity contribution in [1.82, 2.24) is 10.6 Å². The Hall–Kier alpha value is -0.860. The highest BCUT2D eigenvalue weighted by molar-refractivity contribution is 5.32. The summed E-state index contributed by atoms with van der Waals surface area (Å²) in [5.41, 5.74) is 2.98. The molecule has 1 aliphatic rings. The molecule has 15 heavy (non-hydrogen) atoms. The summed E-state index contributed by atoms with van der Waals surface area (Å²) in [5.74, 6) is 0. The van der Waals surface area contributed by atoms with Crippen molar-refractivity contribution in [3.05, 3.63) is 35.4 Å². The molecule has 1 heterocycles. The van der Waals surface area contributed by atoms with Gasteiger partial charge in [-0.25, -0.2) is 0 Å². The molecule has 1 aromatic rings. The Kier molecular flexibility index (Phi) is 3.39. The van der Waals surface area contributed by atoms with Crippen molar-refractivity contribution in [1.29, 1.82) is 0 Å². The maximum atomic E-state index is 3.57. The van der Waals surface area contributed by atoms with Crippen molar-refractivity contribution >= 4 is 0 Å². The van der Waals surface area contributed by atoms with Crippen LogP contribution in [0.4, 0.5) is 0 Å². The molecule has 2 heteroatoms. The molecule has 0 amide bonds. The van der Waals surface area contributed by atoms with Crippen LogP contribution in [0.25, 0.3) is 0 Å². The zero-order valence-electron chi connectivity index (χ0n) is 9.59. The van der Waals surface area contributed by atoms with Crippen molar-refractivity contribution in [2.75, 3.05) is 13.1 Å². The predicted molar refractivity (Wildman–Crippen MR) is 64.0 cm³/mol. The van der Waals surface area contributed by atoms with Gasteiger partial charge in [-0.1, -0.05) is 38.1 Å². The van der Waals surface area contributed by atoms with E-state index in [9.17, 15) is 0 Å². The van der Waals surface area contributed by atoms with E-state index in [0.717, 1.165) is 19.5 Å². The van der Waals surface area contributed by atoms with E-state index in [1.165, 1.54) is 11.1 Å². The van der Waals surface area contributed by atoms with E-state index < -0.39 is 0 Å². The first-order chi connectivity index (χ1) is 7.27. The van der Waals surface area contributed by atoms with Gasteiger partial charge in [0.1, 0.15) is 0 Å². The van der Waals surface area contributed by atoms with Crippen molar-refractivity contribution in [3.63, 3.8) is 0 Å². The largest absolute Gasteiger partial charge is 0.313 e. The summed E-state index contributed by atoms with van der Waals surface area (Å²) in [6.45, 7) is 6.50. The monoisotopic (exact) mass is 204 g/mol. The Bertz CT molecular complexity index is 320. The standard InChI is InChI=1S/C13H20N2/c1-10(2)15-9-13-12-6-4-3-5-11(12)7-8-14-13/h3-6,10,13-15H,7-9H2,1-2H3. The second-order valence-corrected chi connectivity index (χ2v) is 4.52. The highest BCUT2D eigenvalue weighted by Crippen LogP contribution is 2.21. The summed E-state index contributed by atoms with van der Waals surface area (Å²) in [6.07, 6.45) is 1.16. The summed E-state index contributed by atoms with van der Waals surface area (Å²) in [7, 11) is 0. The number of rotatable bonds is 3. The van der Waals surface area contributed by atoms with Crippen LogP contribution in [0, 0.1) is 0 Å². The lowest BCUT2D eigenvalue weighted by molar-refractivity contribution is 0.447. The molecule has 2 N–H and O–H groups in total. The van der Waals surface area contributed by atoms with Gasteiger partial charge in [0.05, 0.1) is 0 Å². The lowest BCUT2D eigenvalue weighted by Gasteiger charge is -2.27. The van der Waals surface area contributed by atoms with Crippen LogP contribution in [0.3, 0.4) is 0 Å². The fourth-order valence-electron chi connectivity index (χ4n) is 2.13. The van der Waals surface area contributed by atoms with Crippen LogP contribution < -0.4 is 10.6 Å². The third-order valence-corrected chi connectivity index (χ3v) is 2.95. The third-order valence-electron chi connectivity index (χ3n) is 2.95. The molecular weight excluding hydrogens is 184 g/mol. The van der Waals surface area contributed by atoms with E-state index in [-0.39, 0.29) is 0 Å². The van der Waals surface area contributed by atoms with E-state index in [1.54, 1.807) is 0 Å². The molecule has 0 spiro atoms. The highest BCUT2D eigenvalue weighted by Gasteiger charge is 2.18. The first kappa shape index (κ1) is 10.7. The normalized spacial score (nSPS) is 20.3. The van der Waals surface area contributed by atoms with Gasteiger partial charge in [-0.3, -0.25) is 0 Å². The molecule has 2 nitrogen and oxygen atoms in total. The number of fused-ring (bicyclic) bond motifs is 1. The second-order valence-electron chi connectivity index (χ2n) is 4.52. The van der Waals surface area contributed by atoms with Gasteiger partial charge in [0, 0.05) is 18.6 Å². The van der Waals surface area contributed by atoms with Gasteiger partial charge in [0.2, 0.25) is 0 Å². The lowest BCUT2D eigenvalue weighted by atomic mass is 9.94. The Labute approximate surface area is 92.1 Å². The Morgan fingerprint density at radius 2 is 2.20 bits per heavy atom. The highest BCUT2D eigenvalue weighted by atomic mass is 15.0. The molecule has 1 aliphatic heterocycles. The minimum absolute atomic E-state index is 0.484. The average Bonchev–Trinajstić information content (AvgIpc) is 2.26. The fourth-order valence-corrected chi connectivity index (χ4v) is 2.13. The molecule has 0 saturated carbocycles. The molecular formula is C13H20N2. The minimum atomic E-state index is 0.484. The summed E-state index contributed by atoms with van der Waals surface area (Å²) in [4.78, 5) is 0. The first-order valence-electron chi connectivity index (χ1n) is 5.82. The average molecular weight is 204 g/mol. The summed E-state index contributed by atoms with van der Waals surface area (Å²) in [5, 5.41) is 7.06. The quantitative estimate of drug-likeness (QED) is 0.785. The zero-order chi connectivity index (χ0) is 10.7. The molecule has 0 aliphatic carbocycles. The van der Waals surface area contributed by atoms with Crippen LogP contribution >= 0.6 is 0 Å². The molecule has 1 atom stereocenters. The number of nitrogens with one attached hydrogen (secondary N) is 2. The molecule has 0 aromatic heterocycles. The van der Waals surface area contributed by atoms with Gasteiger partial charge in [0.25, 0.3) is 0 Å². The van der Waals surface area contributed by atoms with Crippen molar-refractivity contribution in [2.45, 2.75) is 32.4 Å². The van der Waals surface area contributed by atoms with E-state index >= 15 is 0 Å². The summed E-state index contributed by atoms with van der Waals surface area (Å²) < 4.78 is 0. The third kappa shape index (κ3) is 2.58. The number of hydrogen-bond donors (Lipinski definition) is 2. The Balaban J connectivity index is 2.08. The fraction of sp³-hybridized carbons (Fsp3) is 0.538. The van der Waals surface area contributed by atoms with Crippen molar-refractivity contribution < 1.29 is 0 Å². The topological polar surface area (TPSA) is 24.1 Å². The molecule has 82 valence electrons. The first-order valence-corrected chi connectivity index (χ1v) is 5.82. The van der Waals surface area contributed by atoms with E-state index in [0.29, 0.717) is 12.1 Å². The van der Waals surface area contributed by atoms with Crippen LogP contribution in [0.5, 0.6) is 0 Å². The van der Waals surface area contributed by atoms with Gasteiger partial charge >= 0.3 is 0 Å². The smallest absolute Gasteiger partial charge is 0.0449 e. The van der Waals surface area contributed by atoms with Crippen molar-refractivity contribution in [3.8, 4) is 0 Å². The van der Waals surface area contributed by atoms with Crippen LogP contribution in [0.2, 0.25) is 0 Å². The molecule has 0 fully saturated rings. The summed E-state index contributed by atoms with van der Waals surface area (Å²) >= 11 is 0. The van der Waals surface area contributed by atoms with Gasteiger partial charge in [-0.2, -0.15) is 0 Å².